The van der Waals surface area contributed by atoms with Crippen LogP contribution in [0.2, 0.25) is 0 Å². The van der Waals surface area contributed by atoms with Crippen LogP contribution in [0.5, 0.6) is 0 Å². The molecule has 70 valence electrons. The van der Waals surface area contributed by atoms with Gasteiger partial charge in [0.25, 0.3) is 0 Å². The molecule has 0 bridgehead atoms. The van der Waals surface area contributed by atoms with Crippen molar-refractivity contribution in [3.05, 3.63) is 34.9 Å². The second-order valence-corrected chi connectivity index (χ2v) is 4.04. The second-order valence-electron chi connectivity index (χ2n) is 4.04. The van der Waals surface area contributed by atoms with Gasteiger partial charge in [0.2, 0.25) is 0 Å². The minimum atomic E-state index is -0.144. The van der Waals surface area contributed by atoms with Crippen LogP contribution in [0.25, 0.3) is 0 Å². The van der Waals surface area contributed by atoms with E-state index in [1.54, 1.807) is 0 Å². The van der Waals surface area contributed by atoms with Crippen molar-refractivity contribution in [2.75, 3.05) is 0 Å². The van der Waals surface area contributed by atoms with Crippen LogP contribution in [0.1, 0.15) is 36.0 Å². The van der Waals surface area contributed by atoms with E-state index >= 15 is 0 Å². The minimum Gasteiger partial charge on any atom is -0.392 e. The number of aliphatic hydroxyl groups is 1. The largest absolute Gasteiger partial charge is 0.392 e. The lowest BCUT2D eigenvalue weighted by atomic mass is 9.80. The van der Waals surface area contributed by atoms with E-state index in [0.29, 0.717) is 5.92 Å². The maximum absolute atomic E-state index is 9.72. The van der Waals surface area contributed by atoms with Crippen molar-refractivity contribution < 1.29 is 5.11 Å². The number of aryl methyl sites for hydroxylation is 1. The van der Waals surface area contributed by atoms with E-state index in [2.05, 4.69) is 32.0 Å². The van der Waals surface area contributed by atoms with Crippen LogP contribution in [-0.4, -0.2) is 11.2 Å². The summed E-state index contributed by atoms with van der Waals surface area (Å²) in [6.45, 7) is 4.27. The molecule has 1 aliphatic carbocycles. The van der Waals surface area contributed by atoms with Crippen LogP contribution in [0.4, 0.5) is 0 Å². The Morgan fingerprint density at radius 1 is 1.38 bits per heavy atom. The minimum absolute atomic E-state index is 0.144. The maximum atomic E-state index is 9.72. The predicted molar refractivity (Wildman–Crippen MR) is 53.9 cm³/mol. The first-order valence-electron chi connectivity index (χ1n) is 4.96. The summed E-state index contributed by atoms with van der Waals surface area (Å²) in [6, 6.07) is 6.39. The van der Waals surface area contributed by atoms with Crippen LogP contribution in [0.3, 0.4) is 0 Å². The maximum Gasteiger partial charge on any atom is 0.0609 e. The van der Waals surface area contributed by atoms with Crippen molar-refractivity contribution in [3.8, 4) is 0 Å². The van der Waals surface area contributed by atoms with Gasteiger partial charge in [-0.05, 0) is 36.5 Å². The van der Waals surface area contributed by atoms with Gasteiger partial charge in [-0.1, -0.05) is 25.1 Å². The fraction of sp³-hybridized carbons (Fsp3) is 0.500. The first-order valence-corrected chi connectivity index (χ1v) is 4.96. The van der Waals surface area contributed by atoms with Gasteiger partial charge in [0, 0.05) is 5.92 Å². The number of benzene rings is 1. The zero-order valence-corrected chi connectivity index (χ0v) is 8.25. The van der Waals surface area contributed by atoms with E-state index in [0.717, 1.165) is 12.8 Å². The van der Waals surface area contributed by atoms with Gasteiger partial charge >= 0.3 is 0 Å². The Kier molecular flexibility index (Phi) is 2.12. The number of rotatable bonds is 0. The molecular formula is C12H16O. The lowest BCUT2D eigenvalue weighted by molar-refractivity contribution is 0.132. The van der Waals surface area contributed by atoms with Crippen LogP contribution in [-0.2, 0) is 6.42 Å². The van der Waals surface area contributed by atoms with Crippen LogP contribution in [0, 0.1) is 6.92 Å². The molecule has 0 radical (unpaired) electrons. The summed E-state index contributed by atoms with van der Waals surface area (Å²) in [7, 11) is 0. The smallest absolute Gasteiger partial charge is 0.0609 e. The summed E-state index contributed by atoms with van der Waals surface area (Å²) in [5, 5.41) is 9.72. The molecule has 0 fully saturated rings. The lowest BCUT2D eigenvalue weighted by Crippen LogP contribution is -2.23. The highest BCUT2D eigenvalue weighted by Gasteiger charge is 2.24. The van der Waals surface area contributed by atoms with Gasteiger partial charge in [-0.3, -0.25) is 0 Å². The average Bonchev–Trinajstić information content (AvgIpc) is 2.12. The molecule has 0 heterocycles. The molecule has 2 unspecified atom stereocenters. The van der Waals surface area contributed by atoms with E-state index < -0.39 is 0 Å². The number of hydrogen-bond acceptors (Lipinski definition) is 1. The molecule has 0 saturated heterocycles. The van der Waals surface area contributed by atoms with Crippen molar-refractivity contribution >= 4 is 0 Å². The molecule has 2 rings (SSSR count). The third-order valence-corrected chi connectivity index (χ3v) is 3.20. The molecule has 0 saturated carbocycles. The van der Waals surface area contributed by atoms with Gasteiger partial charge in [-0.2, -0.15) is 0 Å². The van der Waals surface area contributed by atoms with Crippen molar-refractivity contribution in [3.63, 3.8) is 0 Å². The van der Waals surface area contributed by atoms with E-state index in [1.165, 1.54) is 16.7 Å². The second kappa shape index (κ2) is 3.15. The Bertz CT molecular complexity index is 317. The van der Waals surface area contributed by atoms with Crippen LogP contribution >= 0.6 is 0 Å². The van der Waals surface area contributed by atoms with Gasteiger partial charge in [0.15, 0.2) is 0 Å². The fourth-order valence-electron chi connectivity index (χ4n) is 2.24. The van der Waals surface area contributed by atoms with Gasteiger partial charge < -0.3 is 5.11 Å². The van der Waals surface area contributed by atoms with Gasteiger partial charge in [0.1, 0.15) is 0 Å². The van der Waals surface area contributed by atoms with Gasteiger partial charge in [-0.15, -0.1) is 0 Å². The highest BCUT2D eigenvalue weighted by atomic mass is 16.3. The molecule has 0 aromatic heterocycles. The molecular weight excluding hydrogens is 160 g/mol. The number of fused-ring (bicyclic) bond motifs is 1. The van der Waals surface area contributed by atoms with Crippen LogP contribution in [0.15, 0.2) is 18.2 Å². The van der Waals surface area contributed by atoms with E-state index in [-0.39, 0.29) is 6.10 Å². The van der Waals surface area contributed by atoms with Gasteiger partial charge in [0.05, 0.1) is 6.10 Å². The Morgan fingerprint density at radius 3 is 2.92 bits per heavy atom. The standard InChI is InChI=1S/C12H16O/c1-8-4-3-5-11-9(2)12(13)7-6-10(8)11/h3-5,9,12-13H,6-7H2,1-2H3. The molecule has 1 nitrogen and oxygen atoms in total. The number of aliphatic hydroxyl groups excluding tert-OH is 1. The van der Waals surface area contributed by atoms with Crippen LogP contribution < -0.4 is 0 Å². The molecule has 0 aliphatic heterocycles. The van der Waals surface area contributed by atoms with E-state index in [4.69, 9.17) is 0 Å². The first-order chi connectivity index (χ1) is 6.20. The van der Waals surface area contributed by atoms with Crippen molar-refractivity contribution in [2.45, 2.75) is 38.7 Å². The molecule has 0 amide bonds. The molecule has 13 heavy (non-hydrogen) atoms. The quantitative estimate of drug-likeness (QED) is 0.643. The zero-order valence-electron chi connectivity index (χ0n) is 8.25. The summed E-state index contributed by atoms with van der Waals surface area (Å²) in [6.07, 6.45) is 1.81. The van der Waals surface area contributed by atoms with Crippen molar-refractivity contribution in [1.82, 2.24) is 0 Å². The molecule has 1 heteroatoms. The Balaban J connectivity index is 2.49. The highest BCUT2D eigenvalue weighted by Crippen LogP contribution is 2.32. The SMILES string of the molecule is Cc1cccc2c1CCC(O)C2C. The van der Waals surface area contributed by atoms with E-state index in [1.807, 2.05) is 0 Å². The molecule has 1 aromatic carbocycles. The predicted octanol–water partition coefficient (Wildman–Crippen LogP) is 2.41. The Labute approximate surface area is 79.4 Å². The normalized spacial score (nSPS) is 27.0. The molecule has 0 spiro atoms. The summed E-state index contributed by atoms with van der Waals surface area (Å²) < 4.78 is 0. The third kappa shape index (κ3) is 1.37. The summed E-state index contributed by atoms with van der Waals surface area (Å²) in [5.41, 5.74) is 4.18. The average molecular weight is 176 g/mol. The highest BCUT2D eigenvalue weighted by molar-refractivity contribution is 5.39. The Morgan fingerprint density at radius 2 is 2.15 bits per heavy atom. The van der Waals surface area contributed by atoms with Crippen molar-refractivity contribution in [2.24, 2.45) is 0 Å². The fourth-order valence-corrected chi connectivity index (χ4v) is 2.24. The zero-order chi connectivity index (χ0) is 9.42. The summed E-state index contributed by atoms with van der Waals surface area (Å²) >= 11 is 0. The molecule has 1 aliphatic rings. The summed E-state index contributed by atoms with van der Waals surface area (Å²) in [5.74, 6) is 0.309. The monoisotopic (exact) mass is 176 g/mol. The lowest BCUT2D eigenvalue weighted by Gasteiger charge is -2.28. The van der Waals surface area contributed by atoms with Gasteiger partial charge in [-0.25, -0.2) is 0 Å². The summed E-state index contributed by atoms with van der Waals surface area (Å²) in [4.78, 5) is 0. The molecule has 1 N–H and O–H groups in total. The molecule has 1 aromatic rings. The van der Waals surface area contributed by atoms with E-state index in [9.17, 15) is 5.11 Å². The topological polar surface area (TPSA) is 20.2 Å². The Hall–Kier alpha value is -0.820. The van der Waals surface area contributed by atoms with Crippen molar-refractivity contribution in [1.29, 1.82) is 0 Å². The number of hydrogen-bond donors (Lipinski definition) is 1. The first kappa shape index (κ1) is 8.76. The third-order valence-electron chi connectivity index (χ3n) is 3.20. The molecule has 2 atom stereocenters.